The predicted molar refractivity (Wildman–Crippen MR) is 359 cm³/mol. The maximum atomic E-state index is 2.55. The highest BCUT2D eigenvalue weighted by Crippen LogP contribution is 2.46. The minimum atomic E-state index is -0.180. The first-order chi connectivity index (χ1) is 42.1. The first kappa shape index (κ1) is 50.6. The number of para-hydroxylation sites is 8. The monoisotopic (exact) mass is 1090 g/mol. The molecular weight excluding hydrogens is 1030 g/mol. The first-order valence-electron chi connectivity index (χ1n) is 30.5. The van der Waals surface area contributed by atoms with Gasteiger partial charge in [0.25, 0.3) is 0 Å². The van der Waals surface area contributed by atoms with Gasteiger partial charge in [-0.15, -0.1) is 0 Å². The summed E-state index contributed by atoms with van der Waals surface area (Å²) in [6.45, 7) is 2.34. The van der Waals surface area contributed by atoms with Gasteiger partial charge >= 0.3 is 0 Å². The quantitative estimate of drug-likeness (QED) is 0.0975. The Morgan fingerprint density at radius 1 is 0.271 bits per heavy atom. The van der Waals surface area contributed by atoms with Gasteiger partial charge in [-0.2, -0.15) is 0 Å². The van der Waals surface area contributed by atoms with Gasteiger partial charge in [0.05, 0.1) is 44.1 Å². The summed E-state index contributed by atoms with van der Waals surface area (Å²) in [7, 11) is 0. The Labute approximate surface area is 495 Å². The van der Waals surface area contributed by atoms with Crippen molar-refractivity contribution in [3.8, 4) is 22.7 Å². The average molecular weight is 1090 g/mol. The van der Waals surface area contributed by atoms with Crippen LogP contribution in [0.15, 0.2) is 291 Å². The lowest BCUT2D eigenvalue weighted by molar-refractivity contribution is 0.398. The number of rotatable bonds is 15. The van der Waals surface area contributed by atoms with Crippen molar-refractivity contribution in [3.63, 3.8) is 0 Å². The van der Waals surface area contributed by atoms with Crippen molar-refractivity contribution in [2.75, 3.05) is 0 Å². The molecule has 4 heteroatoms. The van der Waals surface area contributed by atoms with Gasteiger partial charge in [0.15, 0.2) is 0 Å². The molecule has 16 rings (SSSR count). The summed E-state index contributed by atoms with van der Waals surface area (Å²) in [5, 5.41) is 9.99. The maximum Gasteiger partial charge on any atom is 0.0541 e. The zero-order valence-corrected chi connectivity index (χ0v) is 47.8. The number of aromatic nitrogens is 4. The van der Waals surface area contributed by atoms with Crippen LogP contribution in [0.25, 0.3) is 110 Å². The van der Waals surface area contributed by atoms with Crippen LogP contribution >= 0.6 is 0 Å². The van der Waals surface area contributed by atoms with E-state index in [-0.39, 0.29) is 11.3 Å². The molecule has 4 aromatic heterocycles. The Balaban J connectivity index is 1.00. The molecule has 0 fully saturated rings. The third-order valence-electron chi connectivity index (χ3n) is 18.7. The van der Waals surface area contributed by atoms with E-state index in [1.807, 2.05) is 0 Å². The van der Waals surface area contributed by atoms with Crippen molar-refractivity contribution in [2.45, 2.75) is 56.8 Å². The van der Waals surface area contributed by atoms with E-state index in [0.717, 1.165) is 61.3 Å². The van der Waals surface area contributed by atoms with Crippen molar-refractivity contribution >= 4 is 87.2 Å². The zero-order valence-electron chi connectivity index (χ0n) is 47.8. The summed E-state index contributed by atoms with van der Waals surface area (Å²) in [5.74, 6) is -0.0600. The minimum absolute atomic E-state index is 0.0600. The summed E-state index contributed by atoms with van der Waals surface area (Å²) in [6.07, 6.45) is 6.22. The molecule has 0 atom stereocenters. The van der Waals surface area contributed by atoms with Crippen molar-refractivity contribution in [3.05, 3.63) is 313 Å². The molecule has 0 N–H and O–H groups in total. The van der Waals surface area contributed by atoms with E-state index in [9.17, 15) is 0 Å². The standard InChI is InChI=1S/C81H64N4/c1-2-3-48-81(58-27-6-4-7-28-58,59-29-8-5-9-30-59)49-26-39-64(56-50-60(82-73-40-18-10-31-65(73)66-32-11-19-41-74(66)82)54-61(51-56)83-75-42-20-12-33-67(75)68-34-13-21-43-76(68)83)57-52-62(84-77-44-22-14-35-69(77)70-36-15-23-45-78(70)84)55-63(53-57)85-79-46-24-16-37-71(79)72-38-17-25-47-80(72)85/h4-25,27-38,40-47,50-55,64H,2-3,26,39,48-49H2,1H3. The predicted octanol–water partition coefficient (Wildman–Crippen LogP) is 21.6. The Morgan fingerprint density at radius 3 is 0.765 bits per heavy atom. The second kappa shape index (κ2) is 20.9. The van der Waals surface area contributed by atoms with E-state index >= 15 is 0 Å². The molecule has 4 heterocycles. The Morgan fingerprint density at radius 2 is 0.506 bits per heavy atom. The topological polar surface area (TPSA) is 19.7 Å². The van der Waals surface area contributed by atoms with Crippen LogP contribution in [-0.2, 0) is 5.41 Å². The molecule has 0 amide bonds. The van der Waals surface area contributed by atoms with Crippen molar-refractivity contribution in [1.29, 1.82) is 0 Å². The SMILES string of the molecule is CCCCC(CCCC(c1cc(-n2c3ccccc3c3ccccc32)cc(-n2c3ccccc3c3ccccc32)c1)c1cc(-n2c3ccccc3c3ccccc32)cc(-n2c3ccccc3c3ccccc32)c1)(c1ccccc1)c1ccccc1. The van der Waals surface area contributed by atoms with Crippen LogP contribution in [0, 0.1) is 0 Å². The molecule has 0 spiro atoms. The number of hydrogen-bond acceptors (Lipinski definition) is 0. The fraction of sp³-hybridized carbons (Fsp3) is 0.111. The van der Waals surface area contributed by atoms with Crippen LogP contribution < -0.4 is 0 Å². The Bertz CT molecular complexity index is 4370. The molecule has 12 aromatic carbocycles. The first-order valence-corrected chi connectivity index (χ1v) is 30.5. The summed E-state index contributed by atoms with van der Waals surface area (Å²) in [6, 6.07) is 110. The molecule has 0 saturated heterocycles. The lowest BCUT2D eigenvalue weighted by atomic mass is 9.67. The molecule has 408 valence electrons. The van der Waals surface area contributed by atoms with Crippen LogP contribution in [-0.4, -0.2) is 18.3 Å². The number of benzene rings is 12. The third-order valence-corrected chi connectivity index (χ3v) is 18.7. The normalized spacial score (nSPS) is 12.2. The molecule has 0 saturated carbocycles. The fourth-order valence-corrected chi connectivity index (χ4v) is 15.0. The highest BCUT2D eigenvalue weighted by atomic mass is 15.0. The summed E-state index contributed by atoms with van der Waals surface area (Å²) in [4.78, 5) is 0. The molecule has 85 heavy (non-hydrogen) atoms. The number of unbranched alkanes of at least 4 members (excludes halogenated alkanes) is 1. The summed E-state index contributed by atoms with van der Waals surface area (Å²) in [5.41, 5.74) is 19.3. The second-order valence-electron chi connectivity index (χ2n) is 23.4. The summed E-state index contributed by atoms with van der Waals surface area (Å²) >= 11 is 0. The van der Waals surface area contributed by atoms with Gasteiger partial charge in [-0.1, -0.05) is 232 Å². The lowest BCUT2D eigenvalue weighted by Gasteiger charge is -2.36. The molecular formula is C81H64N4. The number of nitrogens with zero attached hydrogens (tertiary/aromatic N) is 4. The smallest absolute Gasteiger partial charge is 0.0541 e. The molecule has 0 bridgehead atoms. The van der Waals surface area contributed by atoms with E-state index in [0.29, 0.717) is 0 Å². The molecule has 0 aliphatic rings. The minimum Gasteiger partial charge on any atom is -0.309 e. The third kappa shape index (κ3) is 8.33. The van der Waals surface area contributed by atoms with Crippen LogP contribution in [0.5, 0.6) is 0 Å². The molecule has 0 aliphatic carbocycles. The molecule has 4 nitrogen and oxygen atoms in total. The van der Waals surface area contributed by atoms with Crippen LogP contribution in [0.4, 0.5) is 0 Å². The van der Waals surface area contributed by atoms with E-state index in [4.69, 9.17) is 0 Å². The van der Waals surface area contributed by atoms with E-state index in [1.54, 1.807) is 0 Å². The summed E-state index contributed by atoms with van der Waals surface area (Å²) < 4.78 is 10.1. The largest absolute Gasteiger partial charge is 0.309 e. The maximum absolute atomic E-state index is 2.55. The van der Waals surface area contributed by atoms with E-state index in [2.05, 4.69) is 316 Å². The van der Waals surface area contributed by atoms with Crippen molar-refractivity contribution < 1.29 is 0 Å². The van der Waals surface area contributed by atoms with Gasteiger partial charge in [0.1, 0.15) is 0 Å². The van der Waals surface area contributed by atoms with Gasteiger partial charge in [0, 0.05) is 77.2 Å². The van der Waals surface area contributed by atoms with Crippen molar-refractivity contribution in [2.24, 2.45) is 0 Å². The zero-order chi connectivity index (χ0) is 56.4. The average Bonchev–Trinajstić information content (AvgIpc) is 2.21. The lowest BCUT2D eigenvalue weighted by Crippen LogP contribution is -2.28. The van der Waals surface area contributed by atoms with Gasteiger partial charge in [-0.25, -0.2) is 0 Å². The number of fused-ring (bicyclic) bond motifs is 12. The molecule has 0 radical (unpaired) electrons. The molecule has 16 aromatic rings. The van der Waals surface area contributed by atoms with Crippen LogP contribution in [0.2, 0.25) is 0 Å². The fourth-order valence-electron chi connectivity index (χ4n) is 15.0. The molecule has 0 aliphatic heterocycles. The Hall–Kier alpha value is -10.2. The second-order valence-corrected chi connectivity index (χ2v) is 23.4. The van der Waals surface area contributed by atoms with E-state index in [1.165, 1.54) is 109 Å². The van der Waals surface area contributed by atoms with Gasteiger partial charge < -0.3 is 18.3 Å². The Kier molecular flexibility index (Phi) is 12.4. The molecule has 0 unspecified atom stereocenters. The van der Waals surface area contributed by atoms with E-state index < -0.39 is 0 Å². The highest BCUT2D eigenvalue weighted by molar-refractivity contribution is 6.12. The van der Waals surface area contributed by atoms with Gasteiger partial charge in [-0.05, 0) is 126 Å². The van der Waals surface area contributed by atoms with Crippen molar-refractivity contribution in [1.82, 2.24) is 18.3 Å². The van der Waals surface area contributed by atoms with Crippen LogP contribution in [0.3, 0.4) is 0 Å². The van der Waals surface area contributed by atoms with Gasteiger partial charge in [-0.3, -0.25) is 0 Å². The van der Waals surface area contributed by atoms with Gasteiger partial charge in [0.2, 0.25) is 0 Å². The highest BCUT2D eigenvalue weighted by Gasteiger charge is 2.34. The number of hydrogen-bond donors (Lipinski definition) is 0. The van der Waals surface area contributed by atoms with Crippen LogP contribution in [0.1, 0.15) is 73.6 Å².